The van der Waals surface area contributed by atoms with Gasteiger partial charge in [0.05, 0.1) is 0 Å². The number of hydrogen-bond acceptors (Lipinski definition) is 7. The van der Waals surface area contributed by atoms with Gasteiger partial charge in [0.25, 0.3) is 0 Å². The molecule has 0 amide bonds. The van der Waals surface area contributed by atoms with E-state index in [1.807, 2.05) is 0 Å². The first-order valence-corrected chi connectivity index (χ1v) is 16.9. The Bertz CT molecular complexity index is 1040. The van der Waals surface area contributed by atoms with Crippen LogP contribution in [0.5, 0.6) is 0 Å². The van der Waals surface area contributed by atoms with E-state index in [0.29, 0.717) is 38.5 Å². The summed E-state index contributed by atoms with van der Waals surface area (Å²) in [6.45, 7) is 4.32. The largest absolute Gasteiger partial charge is 0.462 e. The highest BCUT2D eigenvalue weighted by atomic mass is 16.8. The summed E-state index contributed by atoms with van der Waals surface area (Å²) in [5.41, 5.74) is -1.50. The molecule has 0 saturated carbocycles. The number of carbonyl (C=O) groups is 3. The quantitative estimate of drug-likeness (QED) is 0.124. The number of hydrogen-bond donors (Lipinski definition) is 0. The summed E-state index contributed by atoms with van der Waals surface area (Å²) in [6.07, 6.45) is 29.7. The summed E-state index contributed by atoms with van der Waals surface area (Å²) in [4.78, 5) is 36.6. The fraction of sp³-hybridized carbons (Fsp3) is 0.694. The lowest BCUT2D eigenvalue weighted by Crippen LogP contribution is -2.51. The van der Waals surface area contributed by atoms with Crippen molar-refractivity contribution in [1.29, 1.82) is 0 Å². The molecule has 2 aliphatic heterocycles. The van der Waals surface area contributed by atoms with E-state index in [9.17, 15) is 14.4 Å². The molecule has 0 N–H and O–H groups in total. The van der Waals surface area contributed by atoms with Gasteiger partial charge in [-0.15, -0.1) is 0 Å². The Balaban J connectivity index is 1.31. The lowest BCUT2D eigenvalue weighted by Gasteiger charge is -2.44. The molecule has 4 aliphatic rings. The molecule has 1 unspecified atom stereocenters. The molecular formula is C36H52O7. The van der Waals surface area contributed by atoms with Gasteiger partial charge in [-0.05, 0) is 67.9 Å². The minimum Gasteiger partial charge on any atom is -0.462 e. The van der Waals surface area contributed by atoms with Gasteiger partial charge < -0.3 is 18.9 Å². The zero-order chi connectivity index (χ0) is 30.6. The van der Waals surface area contributed by atoms with E-state index in [0.717, 1.165) is 25.7 Å². The average molecular weight is 597 g/mol. The molecule has 2 saturated heterocycles. The number of esters is 1. The molecule has 2 spiro atoms. The molecule has 2 aliphatic carbocycles. The number of unbranched alkanes of at least 4 members (excludes halogenated alkanes) is 10. The van der Waals surface area contributed by atoms with Gasteiger partial charge in [0.2, 0.25) is 0 Å². The summed E-state index contributed by atoms with van der Waals surface area (Å²) in [5.74, 6) is -1.34. The first-order chi connectivity index (χ1) is 20.8. The monoisotopic (exact) mass is 596 g/mol. The Morgan fingerprint density at radius 3 is 1.98 bits per heavy atom. The van der Waals surface area contributed by atoms with Gasteiger partial charge in [0, 0.05) is 25.7 Å². The highest BCUT2D eigenvalue weighted by molar-refractivity contribution is 6.01. The molecule has 4 rings (SSSR count). The molecular weight excluding hydrogens is 544 g/mol. The molecule has 0 bridgehead atoms. The van der Waals surface area contributed by atoms with Crippen molar-refractivity contribution in [3.8, 4) is 0 Å². The molecule has 238 valence electrons. The molecule has 43 heavy (non-hydrogen) atoms. The third kappa shape index (κ3) is 10.1. The lowest BCUT2D eigenvalue weighted by atomic mass is 9.91. The second-order valence-electron chi connectivity index (χ2n) is 12.8. The maximum atomic E-state index is 12.9. The third-order valence-electron chi connectivity index (χ3n) is 9.01. The second kappa shape index (κ2) is 16.1. The number of ether oxygens (including phenoxy) is 4. The van der Waals surface area contributed by atoms with Crippen molar-refractivity contribution in [3.63, 3.8) is 0 Å². The predicted molar refractivity (Wildman–Crippen MR) is 166 cm³/mol. The summed E-state index contributed by atoms with van der Waals surface area (Å²) in [6, 6.07) is 0. The van der Waals surface area contributed by atoms with Crippen LogP contribution in [0.4, 0.5) is 0 Å². The lowest BCUT2D eigenvalue weighted by molar-refractivity contribution is -0.351. The maximum Gasteiger partial charge on any atom is 0.306 e. The molecule has 0 radical (unpaired) electrons. The average Bonchev–Trinajstić information content (AvgIpc) is 3.31. The van der Waals surface area contributed by atoms with Gasteiger partial charge in [-0.25, -0.2) is 0 Å². The normalized spacial score (nSPS) is 27.0. The Morgan fingerprint density at radius 2 is 1.37 bits per heavy atom. The van der Waals surface area contributed by atoms with Crippen LogP contribution in [0.15, 0.2) is 48.6 Å². The Morgan fingerprint density at radius 1 is 0.791 bits per heavy atom. The van der Waals surface area contributed by atoms with Gasteiger partial charge >= 0.3 is 5.97 Å². The highest BCUT2D eigenvalue weighted by Crippen LogP contribution is 2.48. The standard InChI is InChI=1S/C36H52O7/c1-3-5-6-7-8-9-10-11-12-13-14-15-32(39)40-31-27-33(41-34(20-4-2)21-16-29(37)17-22-34)42-36(28-31)26-25-35(43-36)23-18-30(38)19-24-35/h16-19,21-24,31,33H,3-15,20,25-28H2,1-2H3/t31-,33?,36-/m1/s1. The van der Waals surface area contributed by atoms with Crippen LogP contribution < -0.4 is 0 Å². The molecule has 0 aromatic carbocycles. The molecule has 7 heteroatoms. The number of ketones is 2. The van der Waals surface area contributed by atoms with Crippen LogP contribution >= 0.6 is 0 Å². The summed E-state index contributed by atoms with van der Waals surface area (Å²) in [7, 11) is 0. The molecule has 7 nitrogen and oxygen atoms in total. The van der Waals surface area contributed by atoms with Gasteiger partial charge in [-0.2, -0.15) is 0 Å². The number of carbonyl (C=O) groups excluding carboxylic acids is 3. The Kier molecular flexibility index (Phi) is 12.6. The Hall–Kier alpha value is -2.35. The topological polar surface area (TPSA) is 88.1 Å². The van der Waals surface area contributed by atoms with Crippen LogP contribution in [0, 0.1) is 0 Å². The fourth-order valence-electron chi connectivity index (χ4n) is 6.67. The van der Waals surface area contributed by atoms with Crippen molar-refractivity contribution in [2.24, 2.45) is 0 Å². The minimum atomic E-state index is -1.01. The van der Waals surface area contributed by atoms with Crippen molar-refractivity contribution in [3.05, 3.63) is 48.6 Å². The highest BCUT2D eigenvalue weighted by Gasteiger charge is 2.54. The zero-order valence-electron chi connectivity index (χ0n) is 26.4. The van der Waals surface area contributed by atoms with Crippen molar-refractivity contribution < 1.29 is 33.3 Å². The number of allylic oxidation sites excluding steroid dienone is 4. The second-order valence-corrected chi connectivity index (χ2v) is 12.8. The van der Waals surface area contributed by atoms with Gasteiger partial charge in [-0.1, -0.05) is 84.5 Å². The van der Waals surface area contributed by atoms with Gasteiger partial charge in [0.1, 0.15) is 17.3 Å². The number of rotatable bonds is 17. The van der Waals surface area contributed by atoms with Crippen molar-refractivity contribution in [1.82, 2.24) is 0 Å². The summed E-state index contributed by atoms with van der Waals surface area (Å²) in [5, 5.41) is 0. The van der Waals surface area contributed by atoms with Crippen LogP contribution in [0.1, 0.15) is 129 Å². The first-order valence-electron chi connectivity index (χ1n) is 16.9. The van der Waals surface area contributed by atoms with Crippen LogP contribution in [-0.2, 0) is 33.3 Å². The zero-order valence-corrected chi connectivity index (χ0v) is 26.4. The molecule has 0 aromatic heterocycles. The smallest absolute Gasteiger partial charge is 0.306 e. The van der Waals surface area contributed by atoms with Crippen molar-refractivity contribution in [2.75, 3.05) is 0 Å². The third-order valence-corrected chi connectivity index (χ3v) is 9.01. The first kappa shape index (κ1) is 33.5. The molecule has 3 atom stereocenters. The van der Waals surface area contributed by atoms with E-state index in [-0.39, 0.29) is 17.5 Å². The van der Waals surface area contributed by atoms with Crippen LogP contribution in [-0.4, -0.2) is 46.9 Å². The fourth-order valence-corrected chi connectivity index (χ4v) is 6.67. The van der Waals surface area contributed by atoms with Gasteiger partial charge in [0.15, 0.2) is 23.6 Å². The van der Waals surface area contributed by atoms with Crippen LogP contribution in [0.3, 0.4) is 0 Å². The summed E-state index contributed by atoms with van der Waals surface area (Å²) < 4.78 is 25.7. The minimum absolute atomic E-state index is 0.0675. The van der Waals surface area contributed by atoms with Gasteiger partial charge in [-0.3, -0.25) is 14.4 Å². The van der Waals surface area contributed by atoms with Crippen LogP contribution in [0.2, 0.25) is 0 Å². The maximum absolute atomic E-state index is 12.9. The van der Waals surface area contributed by atoms with E-state index >= 15 is 0 Å². The van der Waals surface area contributed by atoms with E-state index in [1.165, 1.54) is 75.7 Å². The van der Waals surface area contributed by atoms with E-state index in [1.54, 1.807) is 24.3 Å². The summed E-state index contributed by atoms with van der Waals surface area (Å²) >= 11 is 0. The van der Waals surface area contributed by atoms with E-state index < -0.39 is 29.4 Å². The Labute approximate surface area is 258 Å². The van der Waals surface area contributed by atoms with Crippen LogP contribution in [0.25, 0.3) is 0 Å². The van der Waals surface area contributed by atoms with Crippen molar-refractivity contribution in [2.45, 2.75) is 159 Å². The predicted octanol–water partition coefficient (Wildman–Crippen LogP) is 7.93. The molecule has 2 heterocycles. The van der Waals surface area contributed by atoms with E-state index in [2.05, 4.69) is 13.8 Å². The van der Waals surface area contributed by atoms with E-state index in [4.69, 9.17) is 18.9 Å². The molecule has 0 aromatic rings. The van der Waals surface area contributed by atoms with Crippen molar-refractivity contribution >= 4 is 17.5 Å². The molecule has 2 fully saturated rings. The SMILES string of the molecule is CCCCCCCCCCCCCC(=O)O[C@@H]1CC(OC2(CCC)C=CC(=O)C=C2)O[C@@]2(CCC3(C=CC(=O)C=C3)O2)C1.